The summed E-state index contributed by atoms with van der Waals surface area (Å²) in [6.45, 7) is 0.589. The van der Waals surface area contributed by atoms with Crippen molar-refractivity contribution in [1.29, 1.82) is 0 Å². The van der Waals surface area contributed by atoms with E-state index in [0.717, 1.165) is 10.7 Å². The normalized spacial score (nSPS) is 17.5. The molecule has 14 heavy (non-hydrogen) atoms. The fraction of sp³-hybridized carbons (Fsp3) is 0.545. The van der Waals surface area contributed by atoms with E-state index in [4.69, 9.17) is 16.3 Å². The van der Waals surface area contributed by atoms with Crippen LogP contribution in [0.5, 0.6) is 0 Å². The summed E-state index contributed by atoms with van der Waals surface area (Å²) in [6, 6.07) is 3.64. The van der Waals surface area contributed by atoms with Crippen molar-refractivity contribution < 1.29 is 4.74 Å². The molecule has 1 fully saturated rings. The Hall–Kier alpha value is -0.600. The molecule has 0 amide bonds. The summed E-state index contributed by atoms with van der Waals surface area (Å²) in [5.74, 6) is 0. The second kappa shape index (κ2) is 4.76. The Balaban J connectivity index is 1.85. The zero-order chi connectivity index (χ0) is 9.80. The van der Waals surface area contributed by atoms with Crippen molar-refractivity contribution in [3.05, 3.63) is 29.0 Å². The van der Waals surface area contributed by atoms with Crippen molar-refractivity contribution in [2.45, 2.75) is 38.4 Å². The van der Waals surface area contributed by atoms with E-state index in [1.54, 1.807) is 12.3 Å². The van der Waals surface area contributed by atoms with Crippen LogP contribution in [0.1, 0.15) is 31.4 Å². The van der Waals surface area contributed by atoms with Crippen LogP contribution in [-0.2, 0) is 11.3 Å². The molecule has 3 heteroatoms. The fourth-order valence-corrected chi connectivity index (χ4v) is 1.97. The van der Waals surface area contributed by atoms with Crippen LogP contribution in [0.3, 0.4) is 0 Å². The third-order valence-electron chi connectivity index (χ3n) is 2.55. The molecule has 0 aromatic carbocycles. The van der Waals surface area contributed by atoms with Crippen LogP contribution in [0.15, 0.2) is 18.3 Å². The van der Waals surface area contributed by atoms with Crippen molar-refractivity contribution in [2.75, 3.05) is 0 Å². The first-order valence-electron chi connectivity index (χ1n) is 5.06. The number of pyridine rings is 1. The van der Waals surface area contributed by atoms with Gasteiger partial charge in [0.1, 0.15) is 0 Å². The molecule has 0 radical (unpaired) electrons. The molecule has 1 aliphatic carbocycles. The van der Waals surface area contributed by atoms with Crippen molar-refractivity contribution in [2.24, 2.45) is 0 Å². The van der Waals surface area contributed by atoms with Gasteiger partial charge in [-0.25, -0.2) is 0 Å². The molecule has 1 heterocycles. The standard InChI is InChI=1S/C11H14ClNO/c12-9-5-6-13-10(7-9)8-14-11-3-1-2-4-11/h5-7,11H,1-4,8H2. The second-order valence-corrected chi connectivity index (χ2v) is 4.12. The molecule has 0 bridgehead atoms. The predicted octanol–water partition coefficient (Wildman–Crippen LogP) is 3.19. The van der Waals surface area contributed by atoms with Crippen molar-refractivity contribution >= 4 is 11.6 Å². The first kappa shape index (κ1) is 9.94. The van der Waals surface area contributed by atoms with Gasteiger partial charge in [0.25, 0.3) is 0 Å². The quantitative estimate of drug-likeness (QED) is 0.766. The minimum absolute atomic E-state index is 0.441. The summed E-state index contributed by atoms with van der Waals surface area (Å²) in [7, 11) is 0. The smallest absolute Gasteiger partial charge is 0.0892 e. The summed E-state index contributed by atoms with van der Waals surface area (Å²) in [5.41, 5.74) is 0.921. The molecular weight excluding hydrogens is 198 g/mol. The van der Waals surface area contributed by atoms with Gasteiger partial charge in [0.15, 0.2) is 0 Å². The maximum absolute atomic E-state index is 5.84. The molecule has 0 saturated heterocycles. The van der Waals surface area contributed by atoms with E-state index in [2.05, 4.69) is 4.98 Å². The van der Waals surface area contributed by atoms with E-state index >= 15 is 0 Å². The Bertz CT molecular complexity index is 297. The van der Waals surface area contributed by atoms with E-state index in [-0.39, 0.29) is 0 Å². The molecule has 1 aromatic rings. The van der Waals surface area contributed by atoms with Gasteiger partial charge in [-0.3, -0.25) is 4.98 Å². The van der Waals surface area contributed by atoms with Gasteiger partial charge in [-0.15, -0.1) is 0 Å². The highest BCUT2D eigenvalue weighted by atomic mass is 35.5. The van der Waals surface area contributed by atoms with Gasteiger partial charge in [-0.2, -0.15) is 0 Å². The van der Waals surface area contributed by atoms with Gasteiger partial charge in [-0.1, -0.05) is 24.4 Å². The number of hydrogen-bond donors (Lipinski definition) is 0. The highest BCUT2D eigenvalue weighted by Crippen LogP contribution is 2.22. The number of rotatable bonds is 3. The van der Waals surface area contributed by atoms with E-state index in [9.17, 15) is 0 Å². The summed E-state index contributed by atoms with van der Waals surface area (Å²) in [5, 5.41) is 0.727. The molecule has 0 N–H and O–H groups in total. The predicted molar refractivity (Wildman–Crippen MR) is 56.3 cm³/mol. The van der Waals surface area contributed by atoms with Crippen molar-refractivity contribution in [3.8, 4) is 0 Å². The van der Waals surface area contributed by atoms with Gasteiger partial charge >= 0.3 is 0 Å². The Kier molecular flexibility index (Phi) is 3.38. The van der Waals surface area contributed by atoms with E-state index in [1.807, 2.05) is 6.07 Å². The third-order valence-corrected chi connectivity index (χ3v) is 2.78. The number of nitrogens with zero attached hydrogens (tertiary/aromatic N) is 1. The van der Waals surface area contributed by atoms with Crippen LogP contribution >= 0.6 is 11.6 Å². The molecule has 0 unspecified atom stereocenters. The maximum Gasteiger partial charge on any atom is 0.0892 e. The molecule has 1 aliphatic rings. The molecule has 76 valence electrons. The first-order valence-corrected chi connectivity index (χ1v) is 5.44. The summed E-state index contributed by atoms with van der Waals surface area (Å²) in [6.07, 6.45) is 7.15. The molecule has 0 atom stereocenters. The SMILES string of the molecule is Clc1ccnc(COC2CCCC2)c1. The van der Waals surface area contributed by atoms with Crippen LogP contribution in [-0.4, -0.2) is 11.1 Å². The van der Waals surface area contributed by atoms with Gasteiger partial charge in [-0.05, 0) is 25.0 Å². The van der Waals surface area contributed by atoms with Crippen LogP contribution in [0.4, 0.5) is 0 Å². The molecule has 2 rings (SSSR count). The lowest BCUT2D eigenvalue weighted by atomic mass is 10.3. The Labute approximate surface area is 89.3 Å². The number of aromatic nitrogens is 1. The van der Waals surface area contributed by atoms with Crippen molar-refractivity contribution in [1.82, 2.24) is 4.98 Å². The number of halogens is 1. The van der Waals surface area contributed by atoms with E-state index in [0.29, 0.717) is 12.7 Å². The molecule has 2 nitrogen and oxygen atoms in total. The second-order valence-electron chi connectivity index (χ2n) is 3.68. The molecule has 1 aromatic heterocycles. The van der Waals surface area contributed by atoms with Gasteiger partial charge in [0, 0.05) is 11.2 Å². The minimum atomic E-state index is 0.441. The Morgan fingerprint density at radius 2 is 2.21 bits per heavy atom. The molecule has 0 aliphatic heterocycles. The average Bonchev–Trinajstić information content (AvgIpc) is 2.67. The van der Waals surface area contributed by atoms with Gasteiger partial charge in [0.05, 0.1) is 18.4 Å². The van der Waals surface area contributed by atoms with Gasteiger partial charge < -0.3 is 4.74 Å². The first-order chi connectivity index (χ1) is 6.84. The zero-order valence-electron chi connectivity index (χ0n) is 8.08. The average molecular weight is 212 g/mol. The summed E-state index contributed by atoms with van der Waals surface area (Å²) in [4.78, 5) is 4.19. The molecule has 0 spiro atoms. The van der Waals surface area contributed by atoms with E-state index < -0.39 is 0 Å². The maximum atomic E-state index is 5.84. The lowest BCUT2D eigenvalue weighted by molar-refractivity contribution is 0.0438. The molecular formula is C11H14ClNO. The van der Waals surface area contributed by atoms with E-state index in [1.165, 1.54) is 25.7 Å². The van der Waals surface area contributed by atoms with Crippen LogP contribution in [0, 0.1) is 0 Å². The largest absolute Gasteiger partial charge is 0.372 e. The number of ether oxygens (including phenoxy) is 1. The monoisotopic (exact) mass is 211 g/mol. The summed E-state index contributed by atoms with van der Waals surface area (Å²) >= 11 is 5.84. The van der Waals surface area contributed by atoms with Crippen LogP contribution in [0.25, 0.3) is 0 Å². The topological polar surface area (TPSA) is 22.1 Å². The lowest BCUT2D eigenvalue weighted by Gasteiger charge is -2.10. The third kappa shape index (κ3) is 2.69. The summed E-state index contributed by atoms with van der Waals surface area (Å²) < 4.78 is 5.72. The van der Waals surface area contributed by atoms with Crippen LogP contribution in [0.2, 0.25) is 5.02 Å². The number of hydrogen-bond acceptors (Lipinski definition) is 2. The van der Waals surface area contributed by atoms with Gasteiger partial charge in [0.2, 0.25) is 0 Å². The Morgan fingerprint density at radius 3 is 2.93 bits per heavy atom. The molecule has 1 saturated carbocycles. The highest BCUT2D eigenvalue weighted by molar-refractivity contribution is 6.30. The Morgan fingerprint density at radius 1 is 1.43 bits per heavy atom. The van der Waals surface area contributed by atoms with Crippen LogP contribution < -0.4 is 0 Å². The lowest BCUT2D eigenvalue weighted by Crippen LogP contribution is -2.07. The minimum Gasteiger partial charge on any atom is -0.372 e. The fourth-order valence-electron chi connectivity index (χ4n) is 1.79. The highest BCUT2D eigenvalue weighted by Gasteiger charge is 2.15. The van der Waals surface area contributed by atoms with Crippen molar-refractivity contribution in [3.63, 3.8) is 0 Å². The zero-order valence-corrected chi connectivity index (χ0v) is 8.83.